The highest BCUT2D eigenvalue weighted by Crippen LogP contribution is 2.37. The second kappa shape index (κ2) is 8.51. The van der Waals surface area contributed by atoms with Gasteiger partial charge in [0.2, 0.25) is 11.8 Å². The molecule has 2 aliphatic rings. The van der Waals surface area contributed by atoms with Crippen LogP contribution in [0.1, 0.15) is 36.0 Å². The third-order valence-corrected chi connectivity index (χ3v) is 5.86. The lowest BCUT2D eigenvalue weighted by Gasteiger charge is -2.23. The van der Waals surface area contributed by atoms with Gasteiger partial charge in [0.25, 0.3) is 5.91 Å². The van der Waals surface area contributed by atoms with Gasteiger partial charge >= 0.3 is 0 Å². The minimum atomic E-state index is -0.634. The summed E-state index contributed by atoms with van der Waals surface area (Å²) < 4.78 is 14.0. The quantitative estimate of drug-likeness (QED) is 0.712. The van der Waals surface area contributed by atoms with E-state index in [4.69, 9.17) is 11.6 Å². The molecular weight excluding hydrogens is 421 g/mol. The van der Waals surface area contributed by atoms with E-state index in [0.717, 1.165) is 12.8 Å². The number of para-hydroxylation sites is 1. The van der Waals surface area contributed by atoms with Crippen LogP contribution >= 0.6 is 11.6 Å². The highest BCUT2D eigenvalue weighted by atomic mass is 35.5. The number of hydrogen-bond acceptors (Lipinski definition) is 3. The molecule has 1 heterocycles. The number of halogens is 2. The monoisotopic (exact) mass is 441 g/mol. The van der Waals surface area contributed by atoms with Crippen molar-refractivity contribution in [3.05, 3.63) is 70.5 Å². The third-order valence-electron chi connectivity index (χ3n) is 5.42. The maximum atomic E-state index is 14.0. The molecule has 2 aromatic carbocycles. The summed E-state index contributed by atoms with van der Waals surface area (Å²) in [5, 5.41) is 0.139. The van der Waals surface area contributed by atoms with Crippen molar-refractivity contribution in [2.75, 3.05) is 4.90 Å². The Morgan fingerprint density at radius 3 is 2.61 bits per heavy atom. The molecule has 3 amide bonds. The van der Waals surface area contributed by atoms with Gasteiger partial charge in [-0.05, 0) is 43.0 Å². The fourth-order valence-electron chi connectivity index (χ4n) is 3.43. The number of anilines is 1. The average molecular weight is 442 g/mol. The molecule has 8 heteroatoms. The summed E-state index contributed by atoms with van der Waals surface area (Å²) in [5.74, 6) is -1.68. The Morgan fingerprint density at radius 2 is 1.90 bits per heavy atom. The van der Waals surface area contributed by atoms with E-state index in [0.29, 0.717) is 22.4 Å². The summed E-state index contributed by atoms with van der Waals surface area (Å²) in [6.45, 7) is 1.80. The van der Waals surface area contributed by atoms with E-state index >= 15 is 0 Å². The smallest absolute Gasteiger partial charge is 0.267 e. The second-order valence-electron chi connectivity index (χ2n) is 7.77. The normalized spacial score (nSPS) is 16.0. The summed E-state index contributed by atoms with van der Waals surface area (Å²) >= 11 is 6.55. The molecule has 1 saturated carbocycles. The molecule has 0 atom stereocenters. The first-order chi connectivity index (χ1) is 14.8. The van der Waals surface area contributed by atoms with Crippen molar-refractivity contribution in [1.29, 1.82) is 0 Å². The fraction of sp³-hybridized carbons (Fsp3) is 0.261. The van der Waals surface area contributed by atoms with Crippen LogP contribution in [-0.2, 0) is 20.9 Å². The SMILES string of the molecule is Cc1ccc(CN2C(=O)CC(C(=O)NNC(=O)C3CC3)=C(Cl)c3ccccc32)cc1F. The molecule has 31 heavy (non-hydrogen) atoms. The van der Waals surface area contributed by atoms with Gasteiger partial charge in [0.05, 0.1) is 23.7 Å². The number of nitrogens with one attached hydrogen (secondary N) is 2. The summed E-state index contributed by atoms with van der Waals surface area (Å²) in [6, 6.07) is 11.8. The summed E-state index contributed by atoms with van der Waals surface area (Å²) in [6.07, 6.45) is 1.34. The van der Waals surface area contributed by atoms with Crippen LogP contribution in [0.25, 0.3) is 5.03 Å². The fourth-order valence-corrected chi connectivity index (χ4v) is 3.74. The number of rotatable bonds is 4. The van der Waals surface area contributed by atoms with Crippen LogP contribution in [-0.4, -0.2) is 17.7 Å². The number of hydrogen-bond donors (Lipinski definition) is 2. The summed E-state index contributed by atoms with van der Waals surface area (Å²) in [5.41, 5.74) is 6.99. The number of aryl methyl sites for hydroxylation is 1. The Kier molecular flexibility index (Phi) is 5.78. The molecule has 0 aromatic heterocycles. The van der Waals surface area contributed by atoms with Gasteiger partial charge < -0.3 is 4.90 Å². The number of carbonyl (C=O) groups excluding carboxylic acids is 3. The van der Waals surface area contributed by atoms with E-state index in [1.165, 1.54) is 11.0 Å². The van der Waals surface area contributed by atoms with Crippen LogP contribution in [0, 0.1) is 18.7 Å². The molecule has 0 radical (unpaired) electrons. The maximum absolute atomic E-state index is 14.0. The van der Waals surface area contributed by atoms with E-state index < -0.39 is 5.91 Å². The van der Waals surface area contributed by atoms with Gasteiger partial charge in [0.1, 0.15) is 5.82 Å². The average Bonchev–Trinajstić information content (AvgIpc) is 3.61. The molecule has 2 aromatic rings. The Morgan fingerprint density at radius 1 is 1.16 bits per heavy atom. The predicted octanol–water partition coefficient (Wildman–Crippen LogP) is 3.58. The van der Waals surface area contributed by atoms with E-state index in [2.05, 4.69) is 10.9 Å². The standard InChI is InChI=1S/C23H21ClFN3O3/c1-13-6-7-14(10-18(13)25)12-28-19-5-3-2-4-16(19)21(24)17(11-20(28)29)23(31)27-26-22(30)15-8-9-15/h2-7,10,15H,8-9,11-12H2,1H3,(H,26,30)(H,27,31). The van der Waals surface area contributed by atoms with Crippen molar-refractivity contribution in [2.24, 2.45) is 5.92 Å². The molecule has 4 rings (SSSR count). The molecule has 0 spiro atoms. The largest absolute Gasteiger partial charge is 0.307 e. The van der Waals surface area contributed by atoms with Crippen molar-refractivity contribution >= 4 is 40.0 Å². The number of fused-ring (bicyclic) bond motifs is 1. The number of benzene rings is 2. The first kappa shape index (κ1) is 21.1. The number of hydrazine groups is 1. The van der Waals surface area contributed by atoms with E-state index in [9.17, 15) is 18.8 Å². The zero-order valence-electron chi connectivity index (χ0n) is 16.9. The highest BCUT2D eigenvalue weighted by Gasteiger charge is 2.32. The first-order valence-corrected chi connectivity index (χ1v) is 10.4. The molecular formula is C23H21ClFN3O3. The molecule has 2 N–H and O–H groups in total. The van der Waals surface area contributed by atoms with Crippen molar-refractivity contribution in [2.45, 2.75) is 32.7 Å². The van der Waals surface area contributed by atoms with Crippen molar-refractivity contribution < 1.29 is 18.8 Å². The van der Waals surface area contributed by atoms with E-state index in [1.807, 2.05) is 0 Å². The molecule has 1 fully saturated rings. The Labute approximate surface area is 184 Å². The Balaban J connectivity index is 1.62. The molecule has 160 valence electrons. The van der Waals surface area contributed by atoms with Crippen LogP contribution in [0.4, 0.5) is 10.1 Å². The number of nitrogens with zero attached hydrogens (tertiary/aromatic N) is 1. The number of carbonyl (C=O) groups is 3. The van der Waals surface area contributed by atoms with Gasteiger partial charge in [-0.15, -0.1) is 0 Å². The molecule has 6 nitrogen and oxygen atoms in total. The van der Waals surface area contributed by atoms with Crippen molar-refractivity contribution in [1.82, 2.24) is 10.9 Å². The molecule has 1 aliphatic heterocycles. The van der Waals surface area contributed by atoms with E-state index in [-0.39, 0.29) is 47.1 Å². The van der Waals surface area contributed by atoms with Crippen LogP contribution < -0.4 is 15.8 Å². The maximum Gasteiger partial charge on any atom is 0.267 e. The van der Waals surface area contributed by atoms with Gasteiger partial charge in [0, 0.05) is 17.1 Å². The zero-order valence-corrected chi connectivity index (χ0v) is 17.6. The minimum Gasteiger partial charge on any atom is -0.307 e. The minimum absolute atomic E-state index is 0.0628. The highest BCUT2D eigenvalue weighted by molar-refractivity contribution is 6.52. The van der Waals surface area contributed by atoms with Gasteiger partial charge in [-0.1, -0.05) is 41.9 Å². The lowest BCUT2D eigenvalue weighted by atomic mass is 10.1. The zero-order chi connectivity index (χ0) is 22.1. The molecule has 0 saturated heterocycles. The topological polar surface area (TPSA) is 78.5 Å². The number of amides is 3. The van der Waals surface area contributed by atoms with Crippen LogP contribution in [0.2, 0.25) is 0 Å². The molecule has 1 aliphatic carbocycles. The lowest BCUT2D eigenvalue weighted by molar-refractivity contribution is -0.128. The van der Waals surface area contributed by atoms with Gasteiger partial charge in [-0.25, -0.2) is 4.39 Å². The Bertz CT molecular complexity index is 1110. The first-order valence-electron chi connectivity index (χ1n) is 9.98. The second-order valence-corrected chi connectivity index (χ2v) is 8.15. The van der Waals surface area contributed by atoms with Gasteiger partial charge in [-0.3, -0.25) is 25.2 Å². The third kappa shape index (κ3) is 4.46. The van der Waals surface area contributed by atoms with Gasteiger partial charge in [0.15, 0.2) is 0 Å². The van der Waals surface area contributed by atoms with Crippen LogP contribution in [0.3, 0.4) is 0 Å². The van der Waals surface area contributed by atoms with Crippen molar-refractivity contribution in [3.63, 3.8) is 0 Å². The Hall–Kier alpha value is -3.19. The van der Waals surface area contributed by atoms with Crippen LogP contribution in [0.5, 0.6) is 0 Å². The van der Waals surface area contributed by atoms with Crippen LogP contribution in [0.15, 0.2) is 48.0 Å². The van der Waals surface area contributed by atoms with Crippen molar-refractivity contribution in [3.8, 4) is 0 Å². The molecule has 0 unspecified atom stereocenters. The predicted molar refractivity (Wildman–Crippen MR) is 115 cm³/mol. The lowest BCUT2D eigenvalue weighted by Crippen LogP contribution is -2.43. The van der Waals surface area contributed by atoms with Gasteiger partial charge in [-0.2, -0.15) is 0 Å². The van der Waals surface area contributed by atoms with E-state index in [1.54, 1.807) is 43.3 Å². The summed E-state index contributed by atoms with van der Waals surface area (Å²) in [4.78, 5) is 39.2. The molecule has 0 bridgehead atoms. The summed E-state index contributed by atoms with van der Waals surface area (Å²) in [7, 11) is 0.